The summed E-state index contributed by atoms with van der Waals surface area (Å²) >= 11 is 0. The molecule has 2 aromatic heterocycles. The number of aryl methyl sites for hydroxylation is 1. The van der Waals surface area contributed by atoms with Gasteiger partial charge in [0.25, 0.3) is 0 Å². The van der Waals surface area contributed by atoms with Gasteiger partial charge in [0.15, 0.2) is 5.65 Å². The van der Waals surface area contributed by atoms with E-state index in [0.29, 0.717) is 5.92 Å². The van der Waals surface area contributed by atoms with Crippen LogP contribution < -0.4 is 5.32 Å². The molecule has 0 bridgehead atoms. The van der Waals surface area contributed by atoms with E-state index in [1.165, 1.54) is 0 Å². The fourth-order valence-corrected chi connectivity index (χ4v) is 1.95. The van der Waals surface area contributed by atoms with E-state index < -0.39 is 0 Å². The summed E-state index contributed by atoms with van der Waals surface area (Å²) in [6, 6.07) is 3.95. The monoisotopic (exact) mass is 232 g/mol. The topological polar surface area (TPSA) is 42.7 Å². The SMILES string of the molecule is CCn1c(CNCC(C)C)nc2cccnc21. The van der Waals surface area contributed by atoms with Crippen molar-refractivity contribution in [3.05, 3.63) is 24.2 Å². The molecule has 0 unspecified atom stereocenters. The summed E-state index contributed by atoms with van der Waals surface area (Å²) in [6.45, 7) is 9.27. The Balaban J connectivity index is 2.21. The number of imidazole rings is 1. The van der Waals surface area contributed by atoms with Crippen molar-refractivity contribution in [1.29, 1.82) is 0 Å². The van der Waals surface area contributed by atoms with Crippen LogP contribution >= 0.6 is 0 Å². The Morgan fingerprint density at radius 3 is 2.94 bits per heavy atom. The summed E-state index contributed by atoms with van der Waals surface area (Å²) in [6.07, 6.45) is 1.82. The highest BCUT2D eigenvalue weighted by molar-refractivity contribution is 5.71. The molecule has 1 N–H and O–H groups in total. The average Bonchev–Trinajstić information content (AvgIpc) is 2.66. The minimum absolute atomic E-state index is 0.660. The van der Waals surface area contributed by atoms with Gasteiger partial charge in [0.1, 0.15) is 11.3 Å². The molecule has 0 saturated carbocycles. The first-order valence-corrected chi connectivity index (χ1v) is 6.23. The van der Waals surface area contributed by atoms with E-state index in [1.807, 2.05) is 18.3 Å². The minimum atomic E-state index is 0.660. The Morgan fingerprint density at radius 1 is 1.41 bits per heavy atom. The average molecular weight is 232 g/mol. The second-order valence-corrected chi connectivity index (χ2v) is 4.64. The third-order valence-electron chi connectivity index (χ3n) is 2.73. The molecule has 0 aliphatic heterocycles. The molecule has 0 aromatic carbocycles. The molecule has 0 spiro atoms. The third kappa shape index (κ3) is 2.64. The molecule has 2 rings (SSSR count). The van der Waals surface area contributed by atoms with E-state index in [0.717, 1.165) is 36.6 Å². The summed E-state index contributed by atoms with van der Waals surface area (Å²) in [4.78, 5) is 9.01. The van der Waals surface area contributed by atoms with Crippen LogP contribution in [0.3, 0.4) is 0 Å². The normalized spacial score (nSPS) is 11.5. The predicted octanol–water partition coefficient (Wildman–Crippen LogP) is 2.20. The molecule has 0 atom stereocenters. The molecular weight excluding hydrogens is 212 g/mol. The number of pyridine rings is 1. The first-order valence-electron chi connectivity index (χ1n) is 6.23. The second-order valence-electron chi connectivity index (χ2n) is 4.64. The van der Waals surface area contributed by atoms with Crippen LogP contribution in [0.2, 0.25) is 0 Å². The van der Waals surface area contributed by atoms with Crippen molar-refractivity contribution >= 4 is 11.2 Å². The van der Waals surface area contributed by atoms with Crippen LogP contribution in [-0.2, 0) is 13.1 Å². The largest absolute Gasteiger partial charge is 0.312 e. The Labute approximate surface area is 102 Å². The van der Waals surface area contributed by atoms with E-state index in [4.69, 9.17) is 0 Å². The second kappa shape index (κ2) is 5.27. The van der Waals surface area contributed by atoms with Crippen LogP contribution in [0, 0.1) is 5.92 Å². The van der Waals surface area contributed by atoms with Gasteiger partial charge < -0.3 is 9.88 Å². The zero-order chi connectivity index (χ0) is 12.3. The van der Waals surface area contributed by atoms with Crippen LogP contribution in [0.1, 0.15) is 26.6 Å². The van der Waals surface area contributed by atoms with Gasteiger partial charge in [-0.25, -0.2) is 9.97 Å². The first kappa shape index (κ1) is 12.0. The molecule has 0 radical (unpaired) electrons. The standard InChI is InChI=1S/C13H20N4/c1-4-17-12(9-14-8-10(2)3)16-11-6-5-7-15-13(11)17/h5-7,10,14H,4,8-9H2,1-3H3. The van der Waals surface area contributed by atoms with Crippen LogP contribution in [0.25, 0.3) is 11.2 Å². The molecule has 0 fully saturated rings. The molecular formula is C13H20N4. The number of fused-ring (bicyclic) bond motifs is 1. The maximum Gasteiger partial charge on any atom is 0.160 e. The minimum Gasteiger partial charge on any atom is -0.312 e. The molecule has 4 nitrogen and oxygen atoms in total. The van der Waals surface area contributed by atoms with E-state index in [-0.39, 0.29) is 0 Å². The Morgan fingerprint density at radius 2 is 2.24 bits per heavy atom. The molecule has 4 heteroatoms. The smallest absolute Gasteiger partial charge is 0.160 e. The molecule has 0 amide bonds. The molecule has 2 aromatic rings. The summed E-state index contributed by atoms with van der Waals surface area (Å²) < 4.78 is 2.17. The highest BCUT2D eigenvalue weighted by Crippen LogP contribution is 2.13. The first-order chi connectivity index (χ1) is 8.22. The van der Waals surface area contributed by atoms with E-state index in [1.54, 1.807) is 0 Å². The van der Waals surface area contributed by atoms with Crippen LogP contribution in [0.15, 0.2) is 18.3 Å². The zero-order valence-electron chi connectivity index (χ0n) is 10.8. The number of hydrogen-bond acceptors (Lipinski definition) is 3. The maximum atomic E-state index is 4.62. The number of rotatable bonds is 5. The highest BCUT2D eigenvalue weighted by Gasteiger charge is 2.09. The fraction of sp³-hybridized carbons (Fsp3) is 0.538. The van der Waals surface area contributed by atoms with Gasteiger partial charge in [-0.15, -0.1) is 0 Å². The molecule has 0 saturated heterocycles. The Kier molecular flexibility index (Phi) is 3.74. The van der Waals surface area contributed by atoms with Crippen molar-refractivity contribution in [3.63, 3.8) is 0 Å². The van der Waals surface area contributed by atoms with Gasteiger partial charge in [0.05, 0.1) is 6.54 Å². The molecule has 2 heterocycles. The van der Waals surface area contributed by atoms with Gasteiger partial charge in [0.2, 0.25) is 0 Å². The number of aromatic nitrogens is 3. The van der Waals surface area contributed by atoms with E-state index >= 15 is 0 Å². The molecule has 0 aliphatic carbocycles. The third-order valence-corrected chi connectivity index (χ3v) is 2.73. The van der Waals surface area contributed by atoms with Crippen LogP contribution in [0.4, 0.5) is 0 Å². The van der Waals surface area contributed by atoms with Crippen molar-refractivity contribution in [2.24, 2.45) is 5.92 Å². The van der Waals surface area contributed by atoms with Crippen LogP contribution in [-0.4, -0.2) is 21.1 Å². The lowest BCUT2D eigenvalue weighted by Crippen LogP contribution is -2.21. The lowest BCUT2D eigenvalue weighted by atomic mass is 10.2. The van der Waals surface area contributed by atoms with Crippen molar-refractivity contribution in [1.82, 2.24) is 19.9 Å². The number of nitrogens with one attached hydrogen (secondary N) is 1. The van der Waals surface area contributed by atoms with Crippen molar-refractivity contribution in [3.8, 4) is 0 Å². The summed E-state index contributed by atoms with van der Waals surface area (Å²) in [7, 11) is 0. The zero-order valence-corrected chi connectivity index (χ0v) is 10.8. The number of nitrogens with zero attached hydrogens (tertiary/aromatic N) is 3. The van der Waals surface area contributed by atoms with Gasteiger partial charge in [-0.3, -0.25) is 0 Å². The lowest BCUT2D eigenvalue weighted by molar-refractivity contribution is 0.532. The Hall–Kier alpha value is -1.42. The van der Waals surface area contributed by atoms with Gasteiger partial charge in [-0.05, 0) is 31.5 Å². The molecule has 92 valence electrons. The van der Waals surface area contributed by atoms with Gasteiger partial charge >= 0.3 is 0 Å². The van der Waals surface area contributed by atoms with E-state index in [9.17, 15) is 0 Å². The van der Waals surface area contributed by atoms with Crippen molar-refractivity contribution in [2.45, 2.75) is 33.9 Å². The summed E-state index contributed by atoms with van der Waals surface area (Å²) in [5.41, 5.74) is 1.96. The quantitative estimate of drug-likeness (QED) is 0.859. The lowest BCUT2D eigenvalue weighted by Gasteiger charge is -2.08. The van der Waals surface area contributed by atoms with E-state index in [2.05, 4.69) is 40.6 Å². The van der Waals surface area contributed by atoms with Crippen LogP contribution in [0.5, 0.6) is 0 Å². The number of hydrogen-bond donors (Lipinski definition) is 1. The highest BCUT2D eigenvalue weighted by atomic mass is 15.1. The van der Waals surface area contributed by atoms with Gasteiger partial charge in [0, 0.05) is 12.7 Å². The summed E-state index contributed by atoms with van der Waals surface area (Å²) in [5.74, 6) is 1.73. The Bertz CT molecular complexity index is 487. The molecule has 0 aliphatic rings. The molecule has 17 heavy (non-hydrogen) atoms. The van der Waals surface area contributed by atoms with Gasteiger partial charge in [-0.2, -0.15) is 0 Å². The maximum absolute atomic E-state index is 4.62. The van der Waals surface area contributed by atoms with Gasteiger partial charge in [-0.1, -0.05) is 13.8 Å². The van der Waals surface area contributed by atoms with Crippen molar-refractivity contribution in [2.75, 3.05) is 6.54 Å². The van der Waals surface area contributed by atoms with Crippen molar-refractivity contribution < 1.29 is 0 Å². The fourth-order valence-electron chi connectivity index (χ4n) is 1.95. The predicted molar refractivity (Wildman–Crippen MR) is 69.7 cm³/mol. The summed E-state index contributed by atoms with van der Waals surface area (Å²) in [5, 5.41) is 3.43.